The third-order valence-electron chi connectivity index (χ3n) is 1.58. The van der Waals surface area contributed by atoms with Crippen LogP contribution in [-0.2, 0) is 13.2 Å². The molecule has 2 nitrogen and oxygen atoms in total. The van der Waals surface area contributed by atoms with E-state index in [1.165, 1.54) is 12.1 Å². The average molecular weight is 235 g/mol. The number of hydrogen-bond acceptors (Lipinski definition) is 2. The van der Waals surface area contributed by atoms with Gasteiger partial charge in [0.25, 0.3) is 0 Å². The lowest BCUT2D eigenvalue weighted by Crippen LogP contribution is -1.96. The van der Waals surface area contributed by atoms with E-state index in [1.54, 1.807) is 0 Å². The zero-order valence-corrected chi connectivity index (χ0v) is 7.81. The fourth-order valence-corrected chi connectivity index (χ4v) is 1.57. The van der Waals surface area contributed by atoms with E-state index in [0.29, 0.717) is 15.6 Å². The van der Waals surface area contributed by atoms with Crippen molar-refractivity contribution in [1.29, 1.82) is 0 Å². The molecule has 0 aliphatic heterocycles. The number of rotatable bonds is 2. The molecule has 0 aliphatic carbocycles. The summed E-state index contributed by atoms with van der Waals surface area (Å²) in [6, 6.07) is 2.46. The summed E-state index contributed by atoms with van der Waals surface area (Å²) in [6.07, 6.45) is 0. The highest BCUT2D eigenvalue weighted by Crippen LogP contribution is 2.22. The van der Waals surface area contributed by atoms with E-state index in [4.69, 9.17) is 10.2 Å². The second-order valence-corrected chi connectivity index (χ2v) is 3.20. The van der Waals surface area contributed by atoms with E-state index in [-0.39, 0.29) is 13.2 Å². The Morgan fingerprint density at radius 3 is 2.42 bits per heavy atom. The van der Waals surface area contributed by atoms with E-state index in [1.807, 2.05) is 0 Å². The molecule has 4 heteroatoms. The first kappa shape index (κ1) is 9.64. The SMILES string of the molecule is OCc1cc(F)cc(Br)c1CO. The van der Waals surface area contributed by atoms with Gasteiger partial charge in [0.1, 0.15) is 5.82 Å². The number of hydrogen-bond donors (Lipinski definition) is 2. The molecule has 1 aromatic carbocycles. The van der Waals surface area contributed by atoms with E-state index in [2.05, 4.69) is 15.9 Å². The molecule has 0 fully saturated rings. The van der Waals surface area contributed by atoms with Gasteiger partial charge in [0, 0.05) is 4.47 Å². The monoisotopic (exact) mass is 234 g/mol. The topological polar surface area (TPSA) is 40.5 Å². The smallest absolute Gasteiger partial charge is 0.124 e. The van der Waals surface area contributed by atoms with E-state index in [0.717, 1.165) is 0 Å². The highest BCUT2D eigenvalue weighted by molar-refractivity contribution is 9.10. The first-order chi connectivity index (χ1) is 5.69. The summed E-state index contributed by atoms with van der Waals surface area (Å²) in [5.74, 6) is -0.428. The van der Waals surface area contributed by atoms with E-state index in [9.17, 15) is 4.39 Å². The summed E-state index contributed by atoms with van der Waals surface area (Å²) in [4.78, 5) is 0. The summed E-state index contributed by atoms with van der Waals surface area (Å²) >= 11 is 3.09. The van der Waals surface area contributed by atoms with Crippen LogP contribution in [0, 0.1) is 5.82 Å². The van der Waals surface area contributed by atoms with Crippen molar-refractivity contribution < 1.29 is 14.6 Å². The van der Waals surface area contributed by atoms with Gasteiger partial charge >= 0.3 is 0 Å². The molecule has 12 heavy (non-hydrogen) atoms. The Labute approximate surface area is 77.8 Å². The Bertz CT molecular complexity index is 289. The Morgan fingerprint density at radius 2 is 1.92 bits per heavy atom. The molecule has 2 N–H and O–H groups in total. The van der Waals surface area contributed by atoms with Crippen molar-refractivity contribution >= 4 is 15.9 Å². The zero-order valence-electron chi connectivity index (χ0n) is 6.22. The van der Waals surface area contributed by atoms with Crippen LogP contribution in [0.25, 0.3) is 0 Å². The fraction of sp³-hybridized carbons (Fsp3) is 0.250. The van der Waals surface area contributed by atoms with Crippen LogP contribution in [0.2, 0.25) is 0 Å². The van der Waals surface area contributed by atoms with Crippen molar-refractivity contribution in [3.05, 3.63) is 33.5 Å². The number of aliphatic hydroxyl groups is 2. The Kier molecular flexibility index (Phi) is 3.20. The molecule has 0 atom stereocenters. The first-order valence-corrected chi connectivity index (χ1v) is 4.17. The van der Waals surface area contributed by atoms with Crippen LogP contribution in [0.5, 0.6) is 0 Å². The molecular formula is C8H8BrFO2. The van der Waals surface area contributed by atoms with Crippen LogP contribution >= 0.6 is 15.9 Å². The van der Waals surface area contributed by atoms with Crippen molar-refractivity contribution in [2.75, 3.05) is 0 Å². The molecule has 0 bridgehead atoms. The minimum absolute atomic E-state index is 0.212. The molecule has 0 radical (unpaired) electrons. The Hall–Kier alpha value is -0.450. The molecule has 1 aromatic rings. The number of benzene rings is 1. The molecule has 0 spiro atoms. The van der Waals surface area contributed by atoms with Gasteiger partial charge in [-0.15, -0.1) is 0 Å². The van der Waals surface area contributed by atoms with Gasteiger partial charge in [-0.05, 0) is 23.3 Å². The lowest BCUT2D eigenvalue weighted by molar-refractivity contribution is 0.258. The second-order valence-electron chi connectivity index (χ2n) is 2.34. The maximum absolute atomic E-state index is 12.7. The molecular weight excluding hydrogens is 227 g/mol. The molecule has 0 aromatic heterocycles. The minimum atomic E-state index is -0.428. The zero-order chi connectivity index (χ0) is 9.14. The normalized spacial score (nSPS) is 10.3. The lowest BCUT2D eigenvalue weighted by atomic mass is 10.1. The van der Waals surface area contributed by atoms with Crippen LogP contribution in [0.3, 0.4) is 0 Å². The van der Waals surface area contributed by atoms with Gasteiger partial charge in [-0.2, -0.15) is 0 Å². The van der Waals surface area contributed by atoms with Crippen molar-refractivity contribution in [1.82, 2.24) is 0 Å². The van der Waals surface area contributed by atoms with Crippen LogP contribution in [0.1, 0.15) is 11.1 Å². The van der Waals surface area contributed by atoms with Crippen molar-refractivity contribution in [2.45, 2.75) is 13.2 Å². The van der Waals surface area contributed by atoms with Gasteiger partial charge in [0.15, 0.2) is 0 Å². The van der Waals surface area contributed by atoms with Crippen LogP contribution in [-0.4, -0.2) is 10.2 Å². The van der Waals surface area contributed by atoms with Gasteiger partial charge < -0.3 is 10.2 Å². The predicted molar refractivity (Wildman–Crippen MR) is 45.9 cm³/mol. The summed E-state index contributed by atoms with van der Waals surface area (Å²) in [7, 11) is 0. The summed E-state index contributed by atoms with van der Waals surface area (Å²) in [5.41, 5.74) is 0.934. The fourth-order valence-electron chi connectivity index (χ4n) is 0.975. The third kappa shape index (κ3) is 1.83. The third-order valence-corrected chi connectivity index (χ3v) is 2.29. The molecule has 0 unspecified atom stereocenters. The second kappa shape index (κ2) is 3.98. The van der Waals surface area contributed by atoms with Crippen LogP contribution in [0.4, 0.5) is 4.39 Å². The van der Waals surface area contributed by atoms with Crippen molar-refractivity contribution in [3.8, 4) is 0 Å². The molecule has 0 aliphatic rings. The highest BCUT2D eigenvalue weighted by Gasteiger charge is 2.07. The largest absolute Gasteiger partial charge is 0.392 e. The summed E-state index contributed by atoms with van der Waals surface area (Å²) in [6.45, 7) is -0.483. The van der Waals surface area contributed by atoms with E-state index < -0.39 is 5.82 Å². The number of halogens is 2. The Balaban J connectivity index is 3.24. The Morgan fingerprint density at radius 1 is 1.25 bits per heavy atom. The van der Waals surface area contributed by atoms with E-state index >= 15 is 0 Å². The summed E-state index contributed by atoms with van der Waals surface area (Å²) < 4.78 is 13.2. The highest BCUT2D eigenvalue weighted by atomic mass is 79.9. The van der Waals surface area contributed by atoms with Gasteiger partial charge in [-0.25, -0.2) is 4.39 Å². The quantitative estimate of drug-likeness (QED) is 0.816. The van der Waals surface area contributed by atoms with Crippen LogP contribution in [0.15, 0.2) is 16.6 Å². The molecule has 0 saturated heterocycles. The van der Waals surface area contributed by atoms with Crippen molar-refractivity contribution in [2.24, 2.45) is 0 Å². The van der Waals surface area contributed by atoms with Gasteiger partial charge in [-0.3, -0.25) is 0 Å². The van der Waals surface area contributed by atoms with Crippen LogP contribution < -0.4 is 0 Å². The van der Waals surface area contributed by atoms with Gasteiger partial charge in [-0.1, -0.05) is 15.9 Å². The lowest BCUT2D eigenvalue weighted by Gasteiger charge is -2.06. The number of aliphatic hydroxyl groups excluding tert-OH is 2. The minimum Gasteiger partial charge on any atom is -0.392 e. The molecule has 1 rings (SSSR count). The maximum atomic E-state index is 12.7. The average Bonchev–Trinajstić information content (AvgIpc) is 2.03. The predicted octanol–water partition coefficient (Wildman–Crippen LogP) is 1.57. The molecule has 0 heterocycles. The molecule has 0 saturated carbocycles. The molecule has 66 valence electrons. The first-order valence-electron chi connectivity index (χ1n) is 3.37. The van der Waals surface area contributed by atoms with Gasteiger partial charge in [0.2, 0.25) is 0 Å². The maximum Gasteiger partial charge on any atom is 0.124 e. The van der Waals surface area contributed by atoms with Crippen molar-refractivity contribution in [3.63, 3.8) is 0 Å². The summed E-state index contributed by atoms with van der Waals surface area (Å²) in [5, 5.41) is 17.7. The standard InChI is InChI=1S/C8H8BrFO2/c9-8-2-6(10)1-5(3-11)7(8)4-12/h1-2,11-12H,3-4H2. The van der Waals surface area contributed by atoms with Gasteiger partial charge in [0.05, 0.1) is 13.2 Å². The molecule has 0 amide bonds.